The summed E-state index contributed by atoms with van der Waals surface area (Å²) in [6, 6.07) is 15.8. The molecule has 0 spiro atoms. The average Bonchev–Trinajstić information content (AvgIpc) is 3.54. The Labute approximate surface area is 194 Å². The molecule has 3 heterocycles. The summed E-state index contributed by atoms with van der Waals surface area (Å²) in [4.78, 5) is 4.50. The molecule has 0 radical (unpaired) electrons. The van der Waals surface area contributed by atoms with Crippen molar-refractivity contribution >= 4 is 34.3 Å². The zero-order valence-electron chi connectivity index (χ0n) is 17.7. The molecular formula is C23H21ClN6OS. The number of rotatable bonds is 7. The van der Waals surface area contributed by atoms with E-state index in [1.807, 2.05) is 24.3 Å². The van der Waals surface area contributed by atoms with Gasteiger partial charge in [-0.25, -0.2) is 0 Å². The molecule has 5 rings (SSSR count). The fourth-order valence-electron chi connectivity index (χ4n) is 3.72. The number of hydrogen-bond donors (Lipinski definition) is 0. The fourth-order valence-corrected chi connectivity index (χ4v) is 4.69. The SMILES string of the molecule is CCn1c(SCc2nc(-c3ccc(Cl)cc3)no2)nnc1-c1cn(CC)c2ccccc12. The lowest BCUT2D eigenvalue weighted by atomic mass is 10.1. The smallest absolute Gasteiger partial charge is 0.237 e. The van der Waals surface area contributed by atoms with Gasteiger partial charge < -0.3 is 13.7 Å². The summed E-state index contributed by atoms with van der Waals surface area (Å²) in [5.41, 5.74) is 3.15. The van der Waals surface area contributed by atoms with E-state index in [2.05, 4.69) is 73.8 Å². The Hall–Kier alpha value is -3.10. The van der Waals surface area contributed by atoms with Gasteiger partial charge in [0.1, 0.15) is 0 Å². The van der Waals surface area contributed by atoms with E-state index in [1.165, 1.54) is 22.7 Å². The van der Waals surface area contributed by atoms with E-state index in [4.69, 9.17) is 16.1 Å². The first-order valence-corrected chi connectivity index (χ1v) is 11.8. The zero-order chi connectivity index (χ0) is 22.1. The lowest BCUT2D eigenvalue weighted by Crippen LogP contribution is -2.00. The van der Waals surface area contributed by atoms with E-state index in [0.717, 1.165) is 35.2 Å². The first kappa shape index (κ1) is 20.8. The number of para-hydroxylation sites is 1. The third kappa shape index (κ3) is 3.80. The van der Waals surface area contributed by atoms with Crippen LogP contribution >= 0.6 is 23.4 Å². The number of aromatic nitrogens is 6. The van der Waals surface area contributed by atoms with Crippen molar-refractivity contribution in [3.05, 3.63) is 65.6 Å². The van der Waals surface area contributed by atoms with Crippen LogP contribution in [0, 0.1) is 0 Å². The van der Waals surface area contributed by atoms with Crippen molar-refractivity contribution in [2.24, 2.45) is 0 Å². The molecule has 0 aliphatic carbocycles. The lowest BCUT2D eigenvalue weighted by molar-refractivity contribution is 0.391. The predicted octanol–water partition coefficient (Wildman–Crippen LogP) is 5.94. The normalized spacial score (nSPS) is 11.5. The molecule has 9 heteroatoms. The number of halogens is 1. The van der Waals surface area contributed by atoms with Crippen LogP contribution in [0.5, 0.6) is 0 Å². The summed E-state index contributed by atoms with van der Waals surface area (Å²) >= 11 is 7.49. The molecule has 3 aromatic heterocycles. The van der Waals surface area contributed by atoms with Crippen LogP contribution in [-0.4, -0.2) is 29.5 Å². The van der Waals surface area contributed by atoms with Crippen molar-refractivity contribution in [3.8, 4) is 22.8 Å². The summed E-state index contributed by atoms with van der Waals surface area (Å²) in [6.45, 7) is 5.90. The number of nitrogens with zero attached hydrogens (tertiary/aromatic N) is 6. The van der Waals surface area contributed by atoms with Gasteiger partial charge in [-0.15, -0.1) is 10.2 Å². The van der Waals surface area contributed by atoms with Crippen LogP contribution in [0.15, 0.2) is 64.4 Å². The van der Waals surface area contributed by atoms with Crippen molar-refractivity contribution in [2.45, 2.75) is 37.8 Å². The number of benzene rings is 2. The quantitative estimate of drug-likeness (QED) is 0.278. The van der Waals surface area contributed by atoms with Crippen LogP contribution in [0.1, 0.15) is 19.7 Å². The van der Waals surface area contributed by atoms with Gasteiger partial charge in [-0.1, -0.05) is 46.7 Å². The summed E-state index contributed by atoms with van der Waals surface area (Å²) in [7, 11) is 0. The molecule has 5 aromatic rings. The summed E-state index contributed by atoms with van der Waals surface area (Å²) < 4.78 is 9.80. The molecule has 0 fully saturated rings. The van der Waals surface area contributed by atoms with Crippen molar-refractivity contribution < 1.29 is 4.52 Å². The molecule has 0 aliphatic heterocycles. The largest absolute Gasteiger partial charge is 0.347 e. The highest BCUT2D eigenvalue weighted by Crippen LogP contribution is 2.32. The maximum absolute atomic E-state index is 5.95. The van der Waals surface area contributed by atoms with Crippen LogP contribution in [0.2, 0.25) is 5.02 Å². The third-order valence-corrected chi connectivity index (χ3v) is 6.50. The van der Waals surface area contributed by atoms with E-state index in [1.54, 1.807) is 0 Å². The van der Waals surface area contributed by atoms with Crippen molar-refractivity contribution in [3.63, 3.8) is 0 Å². The van der Waals surface area contributed by atoms with Crippen LogP contribution in [-0.2, 0) is 18.8 Å². The van der Waals surface area contributed by atoms with E-state index in [-0.39, 0.29) is 0 Å². The van der Waals surface area contributed by atoms with Gasteiger partial charge >= 0.3 is 0 Å². The standard InChI is InChI=1S/C23H21ClN6OS/c1-3-29-13-18(17-7-5-6-8-19(17)29)22-26-27-23(30(22)4-2)32-14-20-25-21(28-31-20)15-9-11-16(24)12-10-15/h5-13H,3-4,14H2,1-2H3. The Kier molecular flexibility index (Phi) is 5.71. The Morgan fingerprint density at radius 2 is 1.81 bits per heavy atom. The Morgan fingerprint density at radius 1 is 1.00 bits per heavy atom. The molecule has 0 N–H and O–H groups in total. The highest BCUT2D eigenvalue weighted by molar-refractivity contribution is 7.98. The van der Waals surface area contributed by atoms with Gasteiger partial charge in [0.25, 0.3) is 0 Å². The molecule has 0 aliphatic rings. The molecule has 162 valence electrons. The van der Waals surface area contributed by atoms with Gasteiger partial charge in [-0.05, 0) is 44.2 Å². The molecule has 2 aromatic carbocycles. The minimum absolute atomic E-state index is 0.509. The van der Waals surface area contributed by atoms with Gasteiger partial charge in [0.15, 0.2) is 11.0 Å². The topological polar surface area (TPSA) is 74.6 Å². The highest BCUT2D eigenvalue weighted by Gasteiger charge is 2.19. The minimum atomic E-state index is 0.509. The maximum atomic E-state index is 5.95. The summed E-state index contributed by atoms with van der Waals surface area (Å²) in [5.74, 6) is 2.46. The molecule has 32 heavy (non-hydrogen) atoms. The lowest BCUT2D eigenvalue weighted by Gasteiger charge is -2.05. The molecular weight excluding hydrogens is 444 g/mol. The molecule has 0 saturated carbocycles. The van der Waals surface area contributed by atoms with E-state index in [9.17, 15) is 0 Å². The van der Waals surface area contributed by atoms with Crippen LogP contribution < -0.4 is 0 Å². The van der Waals surface area contributed by atoms with Crippen LogP contribution in [0.25, 0.3) is 33.7 Å². The van der Waals surface area contributed by atoms with Crippen LogP contribution in [0.4, 0.5) is 0 Å². The molecule has 0 saturated heterocycles. The van der Waals surface area contributed by atoms with Gasteiger partial charge in [-0.3, -0.25) is 0 Å². The summed E-state index contributed by atoms with van der Waals surface area (Å²) in [5, 5.41) is 15.7. The number of aryl methyl sites for hydroxylation is 1. The molecule has 7 nitrogen and oxygen atoms in total. The van der Waals surface area contributed by atoms with E-state index >= 15 is 0 Å². The monoisotopic (exact) mass is 464 g/mol. The van der Waals surface area contributed by atoms with Crippen molar-refractivity contribution in [2.75, 3.05) is 0 Å². The second-order valence-corrected chi connectivity index (χ2v) is 8.58. The highest BCUT2D eigenvalue weighted by atomic mass is 35.5. The van der Waals surface area contributed by atoms with Gasteiger partial charge in [0.05, 0.1) is 5.75 Å². The number of fused-ring (bicyclic) bond motifs is 1. The average molecular weight is 465 g/mol. The predicted molar refractivity (Wildman–Crippen MR) is 127 cm³/mol. The van der Waals surface area contributed by atoms with E-state index in [0.29, 0.717) is 22.5 Å². The Balaban J connectivity index is 1.40. The summed E-state index contributed by atoms with van der Waals surface area (Å²) in [6.07, 6.45) is 2.16. The molecule has 0 amide bonds. The zero-order valence-corrected chi connectivity index (χ0v) is 19.3. The first-order chi connectivity index (χ1) is 15.7. The van der Waals surface area contributed by atoms with Crippen molar-refractivity contribution in [1.29, 1.82) is 0 Å². The van der Waals surface area contributed by atoms with Crippen LogP contribution in [0.3, 0.4) is 0 Å². The molecule has 0 unspecified atom stereocenters. The molecule has 0 atom stereocenters. The first-order valence-electron chi connectivity index (χ1n) is 10.4. The molecule has 0 bridgehead atoms. The minimum Gasteiger partial charge on any atom is -0.347 e. The Bertz CT molecular complexity index is 1370. The Morgan fingerprint density at radius 3 is 2.59 bits per heavy atom. The number of hydrogen-bond acceptors (Lipinski definition) is 6. The van der Waals surface area contributed by atoms with Gasteiger partial charge in [-0.2, -0.15) is 4.98 Å². The maximum Gasteiger partial charge on any atom is 0.237 e. The second-order valence-electron chi connectivity index (χ2n) is 7.20. The second kappa shape index (κ2) is 8.80. The number of thioether (sulfide) groups is 1. The fraction of sp³-hybridized carbons (Fsp3) is 0.217. The van der Waals surface area contributed by atoms with E-state index < -0.39 is 0 Å². The third-order valence-electron chi connectivity index (χ3n) is 5.30. The van der Waals surface area contributed by atoms with Gasteiger partial charge in [0, 0.05) is 46.3 Å². The van der Waals surface area contributed by atoms with Crippen molar-refractivity contribution in [1.82, 2.24) is 29.5 Å². The van der Waals surface area contributed by atoms with Gasteiger partial charge in [0.2, 0.25) is 11.7 Å².